The average Bonchev–Trinajstić information content (AvgIpc) is 2.55. The lowest BCUT2D eigenvalue weighted by Gasteiger charge is -2.25. The van der Waals surface area contributed by atoms with Gasteiger partial charge in [-0.05, 0) is 19.1 Å². The molecule has 1 unspecified atom stereocenters. The molecule has 1 aliphatic heterocycles. The third-order valence-corrected chi connectivity index (χ3v) is 2.60. The highest BCUT2D eigenvalue weighted by Crippen LogP contribution is 2.36. The number of rotatable bonds is 1. The van der Waals surface area contributed by atoms with Gasteiger partial charge in [0, 0.05) is 11.9 Å². The molecule has 0 aliphatic carbocycles. The molecule has 17 heavy (non-hydrogen) atoms. The summed E-state index contributed by atoms with van der Waals surface area (Å²) in [5.41, 5.74) is 0.731. The first-order valence-electron chi connectivity index (χ1n) is 5.37. The molecule has 6 heteroatoms. The minimum absolute atomic E-state index is 0.265. The van der Waals surface area contributed by atoms with E-state index in [1.807, 2.05) is 13.8 Å². The number of hydrogen-bond donors (Lipinski definition) is 1. The minimum atomic E-state index is -1.57. The third kappa shape index (κ3) is 3.09. The van der Waals surface area contributed by atoms with Crippen molar-refractivity contribution in [2.24, 2.45) is 5.10 Å². The fourth-order valence-electron chi connectivity index (χ4n) is 1.43. The first-order valence-corrected chi connectivity index (χ1v) is 6.12. The summed E-state index contributed by atoms with van der Waals surface area (Å²) in [7, 11) is 0. The van der Waals surface area contributed by atoms with Gasteiger partial charge in [-0.25, -0.2) is 9.99 Å². The van der Waals surface area contributed by atoms with Gasteiger partial charge >= 0.3 is 0 Å². The first-order chi connectivity index (χ1) is 8.00. The van der Waals surface area contributed by atoms with Crippen LogP contribution in [0.4, 0.5) is 5.82 Å². The molecule has 2 rings (SSSR count). The van der Waals surface area contributed by atoms with E-state index in [2.05, 4.69) is 10.1 Å². The van der Waals surface area contributed by atoms with Crippen molar-refractivity contribution in [3.63, 3.8) is 0 Å². The van der Waals surface area contributed by atoms with Gasteiger partial charge in [-0.3, -0.25) is 0 Å². The molecule has 0 saturated heterocycles. The Morgan fingerprint density at radius 1 is 1.47 bits per heavy atom. The van der Waals surface area contributed by atoms with Gasteiger partial charge in [0.05, 0.1) is 11.4 Å². The van der Waals surface area contributed by atoms with Crippen LogP contribution >= 0.6 is 23.2 Å². The van der Waals surface area contributed by atoms with Gasteiger partial charge in [-0.2, -0.15) is 5.10 Å². The van der Waals surface area contributed by atoms with Crippen molar-refractivity contribution in [1.82, 2.24) is 4.98 Å². The Balaban J connectivity index is 0.000000686. The number of aromatic nitrogens is 1. The maximum Gasteiger partial charge on any atom is 0.243 e. The van der Waals surface area contributed by atoms with Crippen LogP contribution in [-0.2, 0) is 0 Å². The van der Waals surface area contributed by atoms with Crippen molar-refractivity contribution in [3.05, 3.63) is 23.4 Å². The molecule has 0 spiro atoms. The Labute approximate surface area is 111 Å². The van der Waals surface area contributed by atoms with E-state index in [-0.39, 0.29) is 6.42 Å². The summed E-state index contributed by atoms with van der Waals surface area (Å²) < 4.78 is 0. The zero-order valence-electron chi connectivity index (χ0n) is 9.98. The Kier molecular flexibility index (Phi) is 4.74. The number of nitrogens with zero attached hydrogens (tertiary/aromatic N) is 3. The number of hydrogen-bond acceptors (Lipinski definition) is 4. The number of alkyl halides is 1. The predicted octanol–water partition coefficient (Wildman–Crippen LogP) is 3.23. The molecule has 94 valence electrons. The van der Waals surface area contributed by atoms with Crippen molar-refractivity contribution in [1.29, 1.82) is 0 Å². The van der Waals surface area contributed by atoms with Crippen molar-refractivity contribution in [2.75, 3.05) is 5.01 Å². The van der Waals surface area contributed by atoms with Crippen LogP contribution in [0.1, 0.15) is 27.2 Å². The molecule has 1 atom stereocenters. The van der Waals surface area contributed by atoms with E-state index in [1.54, 1.807) is 25.3 Å². The van der Waals surface area contributed by atoms with Crippen LogP contribution in [0.3, 0.4) is 0 Å². The molecule has 0 saturated carbocycles. The average molecular weight is 276 g/mol. The molecular weight excluding hydrogens is 261 g/mol. The normalized spacial score (nSPS) is 22.9. The third-order valence-electron chi connectivity index (χ3n) is 2.02. The molecule has 0 amide bonds. The Bertz CT molecular complexity index is 421. The largest absolute Gasteiger partial charge is 0.357 e. The Morgan fingerprint density at radius 2 is 2.12 bits per heavy atom. The number of aliphatic hydroxyl groups is 1. The fourth-order valence-corrected chi connectivity index (χ4v) is 1.94. The lowest BCUT2D eigenvalue weighted by Crippen LogP contribution is -2.37. The monoisotopic (exact) mass is 275 g/mol. The van der Waals surface area contributed by atoms with Gasteiger partial charge in [-0.15, -0.1) is 0 Å². The van der Waals surface area contributed by atoms with Crippen LogP contribution < -0.4 is 5.01 Å². The van der Waals surface area contributed by atoms with E-state index in [0.717, 1.165) is 5.71 Å². The summed E-state index contributed by atoms with van der Waals surface area (Å²) in [5.74, 6) is 0.355. The van der Waals surface area contributed by atoms with E-state index >= 15 is 0 Å². The minimum Gasteiger partial charge on any atom is -0.357 e. The van der Waals surface area contributed by atoms with Crippen LogP contribution in [0.5, 0.6) is 0 Å². The molecule has 0 radical (unpaired) electrons. The van der Waals surface area contributed by atoms with Crippen LogP contribution in [0, 0.1) is 0 Å². The molecule has 1 aromatic rings. The van der Waals surface area contributed by atoms with Gasteiger partial charge in [-0.1, -0.05) is 37.0 Å². The summed E-state index contributed by atoms with van der Waals surface area (Å²) >= 11 is 11.8. The number of hydrazone groups is 1. The quantitative estimate of drug-likeness (QED) is 0.632. The van der Waals surface area contributed by atoms with Gasteiger partial charge in [0.2, 0.25) is 5.18 Å². The first kappa shape index (κ1) is 14.2. The highest BCUT2D eigenvalue weighted by Gasteiger charge is 2.40. The van der Waals surface area contributed by atoms with Crippen LogP contribution in [0.2, 0.25) is 5.02 Å². The molecule has 1 aliphatic rings. The second kappa shape index (κ2) is 5.67. The number of halogens is 2. The van der Waals surface area contributed by atoms with E-state index in [9.17, 15) is 5.11 Å². The summed E-state index contributed by atoms with van der Waals surface area (Å²) in [6, 6.07) is 3.37. The Morgan fingerprint density at radius 3 is 2.59 bits per heavy atom. The summed E-state index contributed by atoms with van der Waals surface area (Å²) in [4.78, 5) is 4.03. The SMILES string of the molecule is CC.CC1=NN(c2ncccc2Cl)C(O)(Cl)C1. The van der Waals surface area contributed by atoms with Gasteiger partial charge in [0.15, 0.2) is 5.82 Å². The van der Waals surface area contributed by atoms with Crippen molar-refractivity contribution in [2.45, 2.75) is 32.4 Å². The molecule has 2 heterocycles. The van der Waals surface area contributed by atoms with Gasteiger partial charge in [0.1, 0.15) is 0 Å². The molecule has 4 nitrogen and oxygen atoms in total. The smallest absolute Gasteiger partial charge is 0.243 e. The molecule has 0 fully saturated rings. The van der Waals surface area contributed by atoms with Crippen LogP contribution in [-0.4, -0.2) is 21.0 Å². The molecular formula is C11H15Cl2N3O. The topological polar surface area (TPSA) is 48.7 Å². The highest BCUT2D eigenvalue weighted by atomic mass is 35.5. The molecule has 0 bridgehead atoms. The van der Waals surface area contributed by atoms with Crippen molar-refractivity contribution >= 4 is 34.7 Å². The molecule has 0 aromatic carbocycles. The zero-order valence-corrected chi connectivity index (χ0v) is 11.5. The van der Waals surface area contributed by atoms with Crippen LogP contribution in [0.15, 0.2) is 23.4 Å². The Hall–Kier alpha value is -0.840. The second-order valence-corrected chi connectivity index (χ2v) is 4.36. The second-order valence-electron chi connectivity index (χ2n) is 3.35. The summed E-state index contributed by atoms with van der Waals surface area (Å²) in [6.45, 7) is 5.78. The maximum atomic E-state index is 9.88. The maximum absolute atomic E-state index is 9.88. The molecule has 1 N–H and O–H groups in total. The van der Waals surface area contributed by atoms with Crippen molar-refractivity contribution in [3.8, 4) is 0 Å². The highest BCUT2D eigenvalue weighted by molar-refractivity contribution is 6.33. The lowest BCUT2D eigenvalue weighted by atomic mass is 10.3. The predicted molar refractivity (Wildman–Crippen MR) is 71.6 cm³/mol. The van der Waals surface area contributed by atoms with Gasteiger partial charge in [0.25, 0.3) is 0 Å². The van der Waals surface area contributed by atoms with E-state index in [4.69, 9.17) is 23.2 Å². The number of anilines is 1. The number of pyridine rings is 1. The van der Waals surface area contributed by atoms with Crippen molar-refractivity contribution < 1.29 is 5.11 Å². The van der Waals surface area contributed by atoms with E-state index < -0.39 is 5.18 Å². The summed E-state index contributed by atoms with van der Waals surface area (Å²) in [5, 5.41) is 14.0. The van der Waals surface area contributed by atoms with E-state index in [0.29, 0.717) is 10.8 Å². The molecule has 1 aromatic heterocycles. The standard InChI is InChI=1S/C9H9Cl2N3O.C2H6/c1-6-5-9(11,15)14(13-6)8-7(10)3-2-4-12-8;1-2/h2-4,15H,5H2,1H3;1-2H3. The summed E-state index contributed by atoms with van der Waals surface area (Å²) in [6.07, 6.45) is 1.83. The van der Waals surface area contributed by atoms with E-state index in [1.165, 1.54) is 5.01 Å². The lowest BCUT2D eigenvalue weighted by molar-refractivity contribution is 0.140. The van der Waals surface area contributed by atoms with Crippen LogP contribution in [0.25, 0.3) is 0 Å². The zero-order chi connectivity index (χ0) is 13.1. The fraction of sp³-hybridized carbons (Fsp3) is 0.455. The van der Waals surface area contributed by atoms with Gasteiger partial charge < -0.3 is 5.11 Å².